The molecule has 2 rings (SSSR count). The predicted molar refractivity (Wildman–Crippen MR) is 95.4 cm³/mol. The third-order valence-corrected chi connectivity index (χ3v) is 4.54. The summed E-state index contributed by atoms with van der Waals surface area (Å²) in [7, 11) is 1.63. The maximum atomic E-state index is 12.3. The van der Waals surface area contributed by atoms with E-state index < -0.39 is 0 Å². The van der Waals surface area contributed by atoms with Crippen LogP contribution in [0.1, 0.15) is 33.3 Å². The third-order valence-electron chi connectivity index (χ3n) is 4.54. The summed E-state index contributed by atoms with van der Waals surface area (Å²) in [5.41, 5.74) is 0.798. The number of carbonyl (C=O) groups excluding carboxylic acids is 1. The number of amides is 1. The number of nitrogens with one attached hydrogen (secondary N) is 1. The summed E-state index contributed by atoms with van der Waals surface area (Å²) < 4.78 is 11.1. The molecule has 1 heterocycles. The molecule has 1 fully saturated rings. The molecule has 0 bridgehead atoms. The molecule has 1 aliphatic rings. The quantitative estimate of drug-likeness (QED) is 0.867. The Morgan fingerprint density at radius 3 is 2.54 bits per heavy atom. The Morgan fingerprint density at radius 2 is 1.92 bits per heavy atom. The summed E-state index contributed by atoms with van der Waals surface area (Å²) in [5, 5.41) is 3.07. The molecule has 5 heteroatoms. The highest BCUT2D eigenvalue weighted by atomic mass is 16.5. The van der Waals surface area contributed by atoms with Crippen molar-refractivity contribution >= 4 is 5.91 Å². The van der Waals surface area contributed by atoms with E-state index in [1.54, 1.807) is 7.11 Å². The van der Waals surface area contributed by atoms with Crippen molar-refractivity contribution in [3.05, 3.63) is 29.8 Å². The Balaban J connectivity index is 1.90. The van der Waals surface area contributed by atoms with E-state index >= 15 is 0 Å². The molecule has 0 unspecified atom stereocenters. The van der Waals surface area contributed by atoms with E-state index in [2.05, 4.69) is 37.9 Å². The molecule has 0 radical (unpaired) electrons. The Labute approximate surface area is 145 Å². The molecule has 1 N–H and O–H groups in total. The van der Waals surface area contributed by atoms with Gasteiger partial charge in [0, 0.05) is 30.7 Å². The van der Waals surface area contributed by atoms with Gasteiger partial charge in [-0.25, -0.2) is 0 Å². The van der Waals surface area contributed by atoms with Gasteiger partial charge in [0.15, 0.2) is 0 Å². The zero-order chi connectivity index (χ0) is 17.7. The first-order valence-electron chi connectivity index (χ1n) is 8.61. The van der Waals surface area contributed by atoms with E-state index in [-0.39, 0.29) is 23.7 Å². The fraction of sp³-hybridized carbons (Fsp3) is 0.632. The molecule has 0 aromatic heterocycles. The highest BCUT2D eigenvalue weighted by molar-refractivity contribution is 5.79. The summed E-state index contributed by atoms with van der Waals surface area (Å²) in [6.07, 6.45) is 0.769. The van der Waals surface area contributed by atoms with Crippen molar-refractivity contribution < 1.29 is 14.3 Å². The van der Waals surface area contributed by atoms with Crippen molar-refractivity contribution in [2.24, 2.45) is 0 Å². The summed E-state index contributed by atoms with van der Waals surface area (Å²) in [5.74, 6) is 0.768. The van der Waals surface area contributed by atoms with Crippen LogP contribution < -0.4 is 10.1 Å². The van der Waals surface area contributed by atoms with E-state index in [9.17, 15) is 4.79 Å². The van der Waals surface area contributed by atoms with Crippen molar-refractivity contribution in [1.29, 1.82) is 0 Å². The number of benzene rings is 1. The molecular weight excluding hydrogens is 304 g/mol. The minimum atomic E-state index is -0.108. The summed E-state index contributed by atoms with van der Waals surface area (Å²) in [4.78, 5) is 14.7. The minimum Gasteiger partial charge on any atom is -0.496 e. The van der Waals surface area contributed by atoms with E-state index in [0.717, 1.165) is 24.4 Å². The highest BCUT2D eigenvalue weighted by Gasteiger charge is 2.33. The monoisotopic (exact) mass is 334 g/mol. The van der Waals surface area contributed by atoms with Crippen LogP contribution in [0.25, 0.3) is 0 Å². The standard InChI is InChI=1S/C19H30N2O3/c1-14-11-21(12-15(2)24-14)19(3,4)13-20-18(22)10-16-8-6-7-9-17(16)23-5/h6-9,14-15H,10-13H2,1-5H3,(H,20,22)/t14-,15-/m0/s1. The van der Waals surface area contributed by atoms with Crippen molar-refractivity contribution in [2.75, 3.05) is 26.7 Å². The van der Waals surface area contributed by atoms with Gasteiger partial charge in [-0.2, -0.15) is 0 Å². The van der Waals surface area contributed by atoms with Gasteiger partial charge < -0.3 is 14.8 Å². The van der Waals surface area contributed by atoms with E-state index in [4.69, 9.17) is 9.47 Å². The zero-order valence-corrected chi connectivity index (χ0v) is 15.5. The number of methoxy groups -OCH3 is 1. The molecule has 5 nitrogen and oxygen atoms in total. The van der Waals surface area contributed by atoms with Crippen LogP contribution in [0.15, 0.2) is 24.3 Å². The van der Waals surface area contributed by atoms with Gasteiger partial charge in [0.2, 0.25) is 5.91 Å². The lowest BCUT2D eigenvalue weighted by atomic mass is 10.00. The maximum Gasteiger partial charge on any atom is 0.224 e. The molecule has 0 aliphatic carbocycles. The molecule has 0 spiro atoms. The second-order valence-electron chi connectivity index (χ2n) is 7.24. The first-order chi connectivity index (χ1) is 11.3. The number of morpholine rings is 1. The van der Waals surface area contributed by atoms with Crippen molar-refractivity contribution in [3.8, 4) is 5.75 Å². The van der Waals surface area contributed by atoms with Gasteiger partial charge in [-0.3, -0.25) is 9.69 Å². The van der Waals surface area contributed by atoms with Crippen LogP contribution in [0.3, 0.4) is 0 Å². The van der Waals surface area contributed by atoms with Crippen LogP contribution in [0.5, 0.6) is 5.75 Å². The number of hydrogen-bond donors (Lipinski definition) is 1. The van der Waals surface area contributed by atoms with Gasteiger partial charge in [-0.15, -0.1) is 0 Å². The Bertz CT molecular complexity index is 549. The fourth-order valence-electron chi connectivity index (χ4n) is 3.18. The number of carbonyl (C=O) groups is 1. The van der Waals surface area contributed by atoms with Crippen molar-refractivity contribution in [3.63, 3.8) is 0 Å². The molecule has 0 saturated carbocycles. The first kappa shape index (κ1) is 18.7. The van der Waals surface area contributed by atoms with Crippen LogP contribution in [-0.4, -0.2) is 55.3 Å². The van der Waals surface area contributed by atoms with Crippen molar-refractivity contribution in [1.82, 2.24) is 10.2 Å². The number of nitrogens with zero attached hydrogens (tertiary/aromatic N) is 1. The number of ether oxygens (including phenoxy) is 2. The summed E-state index contributed by atoms with van der Waals surface area (Å²) >= 11 is 0. The number of rotatable bonds is 6. The van der Waals surface area contributed by atoms with Gasteiger partial charge in [0.05, 0.1) is 25.7 Å². The van der Waals surface area contributed by atoms with Gasteiger partial charge >= 0.3 is 0 Å². The van der Waals surface area contributed by atoms with Crippen LogP contribution >= 0.6 is 0 Å². The summed E-state index contributed by atoms with van der Waals surface area (Å²) in [6, 6.07) is 7.63. The average molecular weight is 334 g/mol. The lowest BCUT2D eigenvalue weighted by Gasteiger charge is -2.45. The molecule has 1 aromatic carbocycles. The van der Waals surface area contributed by atoms with E-state index in [1.807, 2.05) is 24.3 Å². The maximum absolute atomic E-state index is 12.3. The minimum absolute atomic E-state index is 0.0157. The third kappa shape index (κ3) is 4.95. The first-order valence-corrected chi connectivity index (χ1v) is 8.61. The zero-order valence-electron chi connectivity index (χ0n) is 15.5. The number of hydrogen-bond acceptors (Lipinski definition) is 4. The van der Waals surface area contributed by atoms with Crippen LogP contribution in [0, 0.1) is 0 Å². The van der Waals surface area contributed by atoms with Crippen LogP contribution in [0.4, 0.5) is 0 Å². The molecular formula is C19H30N2O3. The summed E-state index contributed by atoms with van der Waals surface area (Å²) in [6.45, 7) is 10.9. The molecule has 134 valence electrons. The second-order valence-corrected chi connectivity index (χ2v) is 7.24. The molecule has 1 amide bonds. The van der Waals surface area contributed by atoms with Crippen LogP contribution in [0.2, 0.25) is 0 Å². The molecule has 1 aliphatic heterocycles. The second kappa shape index (κ2) is 7.99. The topological polar surface area (TPSA) is 50.8 Å². The van der Waals surface area contributed by atoms with Crippen molar-refractivity contribution in [2.45, 2.75) is 51.9 Å². The lowest BCUT2D eigenvalue weighted by molar-refractivity contribution is -0.122. The van der Waals surface area contributed by atoms with Gasteiger partial charge in [-0.05, 0) is 33.8 Å². The predicted octanol–water partition coefficient (Wildman–Crippen LogP) is 2.24. The average Bonchev–Trinajstić information content (AvgIpc) is 2.53. The van der Waals surface area contributed by atoms with E-state index in [0.29, 0.717) is 13.0 Å². The molecule has 24 heavy (non-hydrogen) atoms. The van der Waals surface area contributed by atoms with Gasteiger partial charge in [0.1, 0.15) is 5.75 Å². The fourth-order valence-corrected chi connectivity index (χ4v) is 3.18. The van der Waals surface area contributed by atoms with E-state index in [1.165, 1.54) is 0 Å². The molecule has 1 saturated heterocycles. The Hall–Kier alpha value is -1.59. The number of para-hydroxylation sites is 1. The Morgan fingerprint density at radius 1 is 1.29 bits per heavy atom. The smallest absolute Gasteiger partial charge is 0.224 e. The van der Waals surface area contributed by atoms with Crippen LogP contribution in [-0.2, 0) is 16.0 Å². The van der Waals surface area contributed by atoms with Gasteiger partial charge in [0.25, 0.3) is 0 Å². The Kier molecular flexibility index (Phi) is 6.24. The SMILES string of the molecule is COc1ccccc1CC(=O)NCC(C)(C)N1C[C@H](C)O[C@@H](C)C1. The van der Waals surface area contributed by atoms with Gasteiger partial charge in [-0.1, -0.05) is 18.2 Å². The largest absolute Gasteiger partial charge is 0.496 e. The highest BCUT2D eigenvalue weighted by Crippen LogP contribution is 2.21. The molecule has 1 aromatic rings. The lowest BCUT2D eigenvalue weighted by Crippen LogP contribution is -2.58. The normalized spacial score (nSPS) is 22.2. The molecule has 2 atom stereocenters.